The number of hydrogen-bond donors (Lipinski definition) is 1. The highest BCUT2D eigenvalue weighted by Gasteiger charge is 2.54. The first-order valence-electron chi connectivity index (χ1n) is 15.0. The van der Waals surface area contributed by atoms with Gasteiger partial charge in [-0.3, -0.25) is 4.98 Å². The lowest BCUT2D eigenvalue weighted by atomic mass is 9.70. The van der Waals surface area contributed by atoms with Crippen LogP contribution in [0.25, 0.3) is 10.9 Å². The molecule has 3 fully saturated rings. The average Bonchev–Trinajstić information content (AvgIpc) is 2.90. The number of rotatable bonds is 6. The summed E-state index contributed by atoms with van der Waals surface area (Å²) in [5, 5.41) is 13.2. The molecule has 0 saturated carbocycles. The highest BCUT2D eigenvalue weighted by atomic mass is 16.5. The van der Waals surface area contributed by atoms with E-state index < -0.39 is 6.10 Å². The van der Waals surface area contributed by atoms with Gasteiger partial charge in [0.1, 0.15) is 24.4 Å². The summed E-state index contributed by atoms with van der Waals surface area (Å²) in [7, 11) is 1.70. The second-order valence-corrected chi connectivity index (χ2v) is 14.4. The predicted octanol–water partition coefficient (Wildman–Crippen LogP) is 7.71. The van der Waals surface area contributed by atoms with Crippen LogP contribution in [0.5, 0.6) is 5.75 Å². The quantitative estimate of drug-likeness (QED) is 0.333. The second kappa shape index (κ2) is 10.2. The van der Waals surface area contributed by atoms with Crippen molar-refractivity contribution in [3.63, 3.8) is 0 Å². The predicted molar refractivity (Wildman–Crippen MR) is 161 cm³/mol. The first-order valence-corrected chi connectivity index (χ1v) is 15.0. The van der Waals surface area contributed by atoms with E-state index in [0.717, 1.165) is 58.7 Å². The molecule has 3 aromatic rings. The Morgan fingerprint density at radius 3 is 2.31 bits per heavy atom. The Kier molecular flexibility index (Phi) is 7.35. The fourth-order valence-electron chi connectivity index (χ4n) is 7.41. The van der Waals surface area contributed by atoms with Crippen LogP contribution in [-0.4, -0.2) is 40.8 Å². The number of hydrogen-bond acceptors (Lipinski definition) is 3. The monoisotopic (exact) mass is 529 g/mol. The topological polar surface area (TPSA) is 42.4 Å². The molecule has 0 amide bonds. The Labute approximate surface area is 236 Å². The maximum absolute atomic E-state index is 12.2. The summed E-state index contributed by atoms with van der Waals surface area (Å²) in [5.41, 5.74) is 6.31. The van der Waals surface area contributed by atoms with Crippen molar-refractivity contribution in [1.29, 1.82) is 0 Å². The van der Waals surface area contributed by atoms with Crippen LogP contribution in [0.1, 0.15) is 96.1 Å². The van der Waals surface area contributed by atoms with Crippen molar-refractivity contribution in [2.45, 2.75) is 97.2 Å². The molecule has 4 heterocycles. The van der Waals surface area contributed by atoms with Gasteiger partial charge in [-0.1, -0.05) is 54.5 Å². The van der Waals surface area contributed by atoms with E-state index >= 15 is 0 Å². The minimum atomic E-state index is -0.545. The summed E-state index contributed by atoms with van der Waals surface area (Å²) in [6.07, 6.45) is 4.87. The number of fused-ring (bicyclic) bond motifs is 4. The lowest BCUT2D eigenvalue weighted by Gasteiger charge is -2.58. The molecule has 2 bridgehead atoms. The van der Waals surface area contributed by atoms with E-state index in [1.165, 1.54) is 29.5 Å². The Hall–Kier alpha value is -2.43. The lowest BCUT2D eigenvalue weighted by Crippen LogP contribution is -2.67. The number of quaternary nitrogens is 1. The van der Waals surface area contributed by atoms with Gasteiger partial charge in [0.25, 0.3) is 0 Å². The fourth-order valence-corrected chi connectivity index (χ4v) is 7.41. The van der Waals surface area contributed by atoms with E-state index in [4.69, 9.17) is 4.74 Å². The van der Waals surface area contributed by atoms with Crippen molar-refractivity contribution in [2.75, 3.05) is 20.2 Å². The molecule has 5 atom stereocenters. The highest BCUT2D eigenvalue weighted by molar-refractivity contribution is 5.83. The van der Waals surface area contributed by atoms with Crippen molar-refractivity contribution in [3.05, 3.63) is 70.9 Å². The Morgan fingerprint density at radius 1 is 1.00 bits per heavy atom. The van der Waals surface area contributed by atoms with Gasteiger partial charge in [-0.15, -0.1) is 0 Å². The molecule has 0 spiro atoms. The van der Waals surface area contributed by atoms with E-state index in [-0.39, 0.29) is 16.9 Å². The molecule has 1 N–H and O–H groups in total. The molecule has 3 aliphatic rings. The summed E-state index contributed by atoms with van der Waals surface area (Å²) in [4.78, 5) is 4.60. The van der Waals surface area contributed by atoms with E-state index in [1.807, 2.05) is 30.5 Å². The van der Waals surface area contributed by atoms with Crippen LogP contribution < -0.4 is 4.74 Å². The van der Waals surface area contributed by atoms with Gasteiger partial charge in [0.2, 0.25) is 0 Å². The minimum absolute atomic E-state index is 0.0881. The van der Waals surface area contributed by atoms with Crippen molar-refractivity contribution < 1.29 is 14.3 Å². The molecule has 0 aliphatic carbocycles. The van der Waals surface area contributed by atoms with Crippen LogP contribution in [0.2, 0.25) is 0 Å². The summed E-state index contributed by atoms with van der Waals surface area (Å²) >= 11 is 0. The van der Waals surface area contributed by atoms with Gasteiger partial charge >= 0.3 is 0 Å². The summed E-state index contributed by atoms with van der Waals surface area (Å²) in [6.45, 7) is 19.5. The van der Waals surface area contributed by atoms with Crippen LogP contribution in [0, 0.1) is 11.8 Å². The van der Waals surface area contributed by atoms with Crippen molar-refractivity contribution >= 4 is 10.9 Å². The molecule has 1 unspecified atom stereocenters. The van der Waals surface area contributed by atoms with Crippen molar-refractivity contribution in [2.24, 2.45) is 11.8 Å². The zero-order chi connectivity index (χ0) is 28.2. The normalized spacial score (nSPS) is 26.1. The van der Waals surface area contributed by atoms with E-state index in [0.29, 0.717) is 5.92 Å². The van der Waals surface area contributed by atoms with Crippen molar-refractivity contribution in [3.8, 4) is 5.75 Å². The maximum atomic E-state index is 12.2. The van der Waals surface area contributed by atoms with Gasteiger partial charge in [0.05, 0.1) is 25.7 Å². The summed E-state index contributed by atoms with van der Waals surface area (Å²) in [5.74, 6) is 2.23. The lowest BCUT2D eigenvalue weighted by molar-refractivity contribution is -0.985. The number of benzene rings is 2. The number of piperidine rings is 3. The Morgan fingerprint density at radius 2 is 1.69 bits per heavy atom. The third-order valence-corrected chi connectivity index (χ3v) is 9.87. The number of aromatic nitrogens is 1. The third-order valence-electron chi connectivity index (χ3n) is 9.87. The van der Waals surface area contributed by atoms with E-state index in [9.17, 15) is 5.11 Å². The molecule has 39 heavy (non-hydrogen) atoms. The molecule has 2 aromatic carbocycles. The summed E-state index contributed by atoms with van der Waals surface area (Å²) in [6, 6.07) is 15.5. The van der Waals surface area contributed by atoms with Crippen LogP contribution in [0.15, 0.2) is 48.7 Å². The SMILES string of the molecule is CC[C@H]1C[N+]2(Cc3cc(C(C)(C)C)cc(C(C)(C)C)c3)CC[C@H]1C[C@@H]2[C@@H](O)c1ccnc2ccc(OC)cc12. The molecular weight excluding hydrogens is 480 g/mol. The molecule has 4 nitrogen and oxygen atoms in total. The third kappa shape index (κ3) is 5.35. The first kappa shape index (κ1) is 28.1. The average molecular weight is 530 g/mol. The highest BCUT2D eigenvalue weighted by Crippen LogP contribution is 2.49. The van der Waals surface area contributed by atoms with Gasteiger partial charge in [-0.2, -0.15) is 0 Å². The molecular formula is C35H49N2O2+. The molecule has 210 valence electrons. The van der Waals surface area contributed by atoms with Crippen LogP contribution in [0.4, 0.5) is 0 Å². The standard InChI is InChI=1S/C35H49N2O2/c1-9-24-22-37(21-23-16-26(34(2,3)4)19-27(17-23)35(5,6)7)15-13-25(24)18-32(37)33(38)29-12-14-36-31-11-10-28(39-8)20-30(29)31/h10-12,14,16-17,19-20,24-25,32-33,38H,9,13,15,18,21-22H2,1-8H3/q+1/t24-,25-,32+,33-,37?/m0/s1. The second-order valence-electron chi connectivity index (χ2n) is 14.4. The van der Waals surface area contributed by atoms with Gasteiger partial charge in [-0.05, 0) is 76.3 Å². The van der Waals surface area contributed by atoms with E-state index in [2.05, 4.69) is 71.6 Å². The number of aliphatic hydroxyl groups excluding tert-OH is 1. The Balaban J connectivity index is 1.59. The maximum Gasteiger partial charge on any atom is 0.131 e. The van der Waals surface area contributed by atoms with Crippen LogP contribution in [-0.2, 0) is 17.4 Å². The number of nitrogens with zero attached hydrogens (tertiary/aromatic N) is 2. The van der Waals surface area contributed by atoms with Crippen LogP contribution >= 0.6 is 0 Å². The largest absolute Gasteiger partial charge is 0.497 e. The molecule has 6 rings (SSSR count). The van der Waals surface area contributed by atoms with Gasteiger partial charge in [-0.25, -0.2) is 0 Å². The van der Waals surface area contributed by atoms with E-state index in [1.54, 1.807) is 7.11 Å². The van der Waals surface area contributed by atoms with Gasteiger partial charge in [0, 0.05) is 35.9 Å². The molecule has 4 heteroatoms. The number of methoxy groups -OCH3 is 1. The van der Waals surface area contributed by atoms with Crippen molar-refractivity contribution in [1.82, 2.24) is 4.98 Å². The number of pyridine rings is 1. The Bertz CT molecular complexity index is 1300. The number of aliphatic hydroxyl groups is 1. The van der Waals surface area contributed by atoms with Gasteiger partial charge in [0.15, 0.2) is 0 Å². The number of ether oxygens (including phenoxy) is 1. The smallest absolute Gasteiger partial charge is 0.131 e. The zero-order valence-electron chi connectivity index (χ0n) is 25.4. The molecule has 0 radical (unpaired) electrons. The first-order chi connectivity index (χ1) is 18.3. The molecule has 3 saturated heterocycles. The van der Waals surface area contributed by atoms with Crippen LogP contribution in [0.3, 0.4) is 0 Å². The summed E-state index contributed by atoms with van der Waals surface area (Å²) < 4.78 is 6.52. The fraction of sp³-hybridized carbons (Fsp3) is 0.571. The zero-order valence-corrected chi connectivity index (χ0v) is 25.4. The molecule has 3 aliphatic heterocycles. The van der Waals surface area contributed by atoms with Gasteiger partial charge < -0.3 is 14.3 Å². The molecule has 1 aromatic heterocycles. The minimum Gasteiger partial charge on any atom is -0.497 e.